The van der Waals surface area contributed by atoms with E-state index in [1.807, 2.05) is 24.3 Å². The summed E-state index contributed by atoms with van der Waals surface area (Å²) in [5, 5.41) is 11.8. The van der Waals surface area contributed by atoms with E-state index in [-0.39, 0.29) is 11.5 Å². The Morgan fingerprint density at radius 3 is 2.48 bits per heavy atom. The highest BCUT2D eigenvalue weighted by Gasteiger charge is 2.06. The lowest BCUT2D eigenvalue weighted by molar-refractivity contribution is 0.0696. The SMILES string of the molecule is O=C(O)c1cccc(CCNC(=O)c2cccc(I)c2)c1. The molecule has 0 aliphatic carbocycles. The zero-order valence-corrected chi connectivity index (χ0v) is 13.3. The molecule has 0 radical (unpaired) electrons. The molecule has 0 aliphatic heterocycles. The molecule has 108 valence electrons. The first-order chi connectivity index (χ1) is 10.1. The number of carboxylic acid groups (broad SMARTS) is 1. The molecule has 1 amide bonds. The van der Waals surface area contributed by atoms with E-state index in [1.54, 1.807) is 24.3 Å². The molecule has 0 bridgehead atoms. The predicted molar refractivity (Wildman–Crippen MR) is 88.6 cm³/mol. The Morgan fingerprint density at radius 2 is 1.76 bits per heavy atom. The van der Waals surface area contributed by atoms with Gasteiger partial charge in [0, 0.05) is 15.7 Å². The van der Waals surface area contributed by atoms with E-state index in [0.29, 0.717) is 18.5 Å². The number of halogens is 1. The first-order valence-corrected chi connectivity index (χ1v) is 7.50. The van der Waals surface area contributed by atoms with Crippen LogP contribution in [-0.4, -0.2) is 23.5 Å². The lowest BCUT2D eigenvalue weighted by Crippen LogP contribution is -2.25. The molecule has 0 unspecified atom stereocenters. The number of aromatic carboxylic acids is 1. The molecule has 2 aromatic rings. The van der Waals surface area contributed by atoms with Crippen molar-refractivity contribution in [3.63, 3.8) is 0 Å². The minimum absolute atomic E-state index is 0.122. The number of carboxylic acids is 1. The van der Waals surface area contributed by atoms with Crippen LogP contribution in [0.5, 0.6) is 0 Å². The highest BCUT2D eigenvalue weighted by molar-refractivity contribution is 14.1. The quantitative estimate of drug-likeness (QED) is 0.766. The zero-order valence-electron chi connectivity index (χ0n) is 11.2. The zero-order chi connectivity index (χ0) is 15.2. The molecule has 0 fully saturated rings. The minimum Gasteiger partial charge on any atom is -0.478 e. The van der Waals surface area contributed by atoms with Gasteiger partial charge in [-0.15, -0.1) is 0 Å². The number of nitrogens with one attached hydrogen (secondary N) is 1. The number of rotatable bonds is 5. The largest absolute Gasteiger partial charge is 0.478 e. The van der Waals surface area contributed by atoms with Gasteiger partial charge in [0.2, 0.25) is 0 Å². The van der Waals surface area contributed by atoms with Crippen molar-refractivity contribution in [2.75, 3.05) is 6.54 Å². The Morgan fingerprint density at radius 1 is 1.05 bits per heavy atom. The van der Waals surface area contributed by atoms with Crippen LogP contribution in [0.15, 0.2) is 48.5 Å². The van der Waals surface area contributed by atoms with Crippen LogP contribution in [0.1, 0.15) is 26.3 Å². The standard InChI is InChI=1S/C16H14INO3/c17-14-6-2-4-12(10-14)15(19)18-8-7-11-3-1-5-13(9-11)16(20)21/h1-6,9-10H,7-8H2,(H,18,19)(H,20,21). The van der Waals surface area contributed by atoms with Gasteiger partial charge in [0.05, 0.1) is 5.56 Å². The maximum atomic E-state index is 12.0. The number of carbonyl (C=O) groups excluding carboxylic acids is 1. The van der Waals surface area contributed by atoms with Crippen LogP contribution in [0.4, 0.5) is 0 Å². The summed E-state index contributed by atoms with van der Waals surface area (Å²) in [5.41, 5.74) is 1.77. The summed E-state index contributed by atoms with van der Waals surface area (Å²) >= 11 is 2.16. The van der Waals surface area contributed by atoms with E-state index in [9.17, 15) is 9.59 Å². The summed E-state index contributed by atoms with van der Waals surface area (Å²) in [6.45, 7) is 0.466. The average Bonchev–Trinajstić information content (AvgIpc) is 2.47. The molecule has 5 heteroatoms. The second kappa shape index (κ2) is 7.21. The third-order valence-electron chi connectivity index (χ3n) is 2.96. The smallest absolute Gasteiger partial charge is 0.335 e. The Kier molecular flexibility index (Phi) is 5.32. The predicted octanol–water partition coefficient (Wildman–Crippen LogP) is 2.96. The molecule has 4 nitrogen and oxygen atoms in total. The molecule has 21 heavy (non-hydrogen) atoms. The lowest BCUT2D eigenvalue weighted by Gasteiger charge is -2.06. The molecule has 0 saturated heterocycles. The Balaban J connectivity index is 1.91. The minimum atomic E-state index is -0.945. The summed E-state index contributed by atoms with van der Waals surface area (Å²) in [4.78, 5) is 22.8. The summed E-state index contributed by atoms with van der Waals surface area (Å²) in [6, 6.07) is 14.1. The van der Waals surface area contributed by atoms with Gasteiger partial charge < -0.3 is 10.4 Å². The van der Waals surface area contributed by atoms with E-state index in [1.165, 1.54) is 0 Å². The van der Waals surface area contributed by atoms with E-state index in [0.717, 1.165) is 9.13 Å². The van der Waals surface area contributed by atoms with Crippen LogP contribution < -0.4 is 5.32 Å². The Labute approximate surface area is 136 Å². The Bertz CT molecular complexity index is 670. The van der Waals surface area contributed by atoms with Gasteiger partial charge >= 0.3 is 5.97 Å². The second-order valence-electron chi connectivity index (χ2n) is 4.52. The molecular formula is C16H14INO3. The van der Waals surface area contributed by atoms with Crippen LogP contribution in [-0.2, 0) is 6.42 Å². The lowest BCUT2D eigenvalue weighted by atomic mass is 10.1. The first-order valence-electron chi connectivity index (χ1n) is 6.42. The van der Waals surface area contributed by atoms with Crippen molar-refractivity contribution in [1.82, 2.24) is 5.32 Å². The molecule has 2 rings (SSSR count). The summed E-state index contributed by atoms with van der Waals surface area (Å²) in [7, 11) is 0. The number of hydrogen-bond donors (Lipinski definition) is 2. The number of carbonyl (C=O) groups is 2. The van der Waals surface area contributed by atoms with Gasteiger partial charge in [0.15, 0.2) is 0 Å². The fourth-order valence-corrected chi connectivity index (χ4v) is 2.46. The molecule has 0 aromatic heterocycles. The van der Waals surface area contributed by atoms with Crippen molar-refractivity contribution in [2.45, 2.75) is 6.42 Å². The van der Waals surface area contributed by atoms with Gasteiger partial charge in [-0.25, -0.2) is 4.79 Å². The number of benzene rings is 2. The topological polar surface area (TPSA) is 66.4 Å². The normalized spacial score (nSPS) is 10.1. The second-order valence-corrected chi connectivity index (χ2v) is 5.77. The summed E-state index contributed by atoms with van der Waals surface area (Å²) in [6.07, 6.45) is 0.594. The molecular weight excluding hydrogens is 381 g/mol. The average molecular weight is 395 g/mol. The summed E-state index contributed by atoms with van der Waals surface area (Å²) in [5.74, 6) is -1.07. The number of hydrogen-bond acceptors (Lipinski definition) is 2. The Hall–Kier alpha value is -1.89. The third kappa shape index (κ3) is 4.56. The van der Waals surface area contributed by atoms with Crippen LogP contribution in [0.25, 0.3) is 0 Å². The molecule has 0 saturated carbocycles. The first kappa shape index (κ1) is 15.5. The van der Waals surface area contributed by atoms with Crippen molar-refractivity contribution in [3.05, 3.63) is 68.8 Å². The fraction of sp³-hybridized carbons (Fsp3) is 0.125. The van der Waals surface area contributed by atoms with Crippen molar-refractivity contribution in [1.29, 1.82) is 0 Å². The molecule has 0 spiro atoms. The van der Waals surface area contributed by atoms with Crippen molar-refractivity contribution < 1.29 is 14.7 Å². The van der Waals surface area contributed by atoms with Gasteiger partial charge in [-0.05, 0) is 64.9 Å². The number of amides is 1. The van der Waals surface area contributed by atoms with Gasteiger partial charge in [-0.3, -0.25) is 4.79 Å². The molecule has 0 aliphatic rings. The van der Waals surface area contributed by atoms with Crippen molar-refractivity contribution in [3.8, 4) is 0 Å². The van der Waals surface area contributed by atoms with E-state index >= 15 is 0 Å². The molecule has 0 heterocycles. The van der Waals surface area contributed by atoms with Gasteiger partial charge in [-0.1, -0.05) is 18.2 Å². The van der Waals surface area contributed by atoms with Gasteiger partial charge in [-0.2, -0.15) is 0 Å². The fourth-order valence-electron chi connectivity index (χ4n) is 1.91. The highest BCUT2D eigenvalue weighted by atomic mass is 127. The van der Waals surface area contributed by atoms with Gasteiger partial charge in [0.1, 0.15) is 0 Å². The maximum absolute atomic E-state index is 12.0. The van der Waals surface area contributed by atoms with Crippen LogP contribution >= 0.6 is 22.6 Å². The van der Waals surface area contributed by atoms with Crippen LogP contribution in [0.2, 0.25) is 0 Å². The van der Waals surface area contributed by atoms with Crippen LogP contribution in [0, 0.1) is 3.57 Å². The molecule has 2 aromatic carbocycles. The summed E-state index contributed by atoms with van der Waals surface area (Å²) < 4.78 is 1.01. The third-order valence-corrected chi connectivity index (χ3v) is 3.63. The highest BCUT2D eigenvalue weighted by Crippen LogP contribution is 2.08. The van der Waals surface area contributed by atoms with E-state index in [2.05, 4.69) is 27.9 Å². The molecule has 0 atom stereocenters. The molecule has 2 N–H and O–H groups in total. The van der Waals surface area contributed by atoms with Crippen molar-refractivity contribution >= 4 is 34.5 Å². The van der Waals surface area contributed by atoms with E-state index in [4.69, 9.17) is 5.11 Å². The van der Waals surface area contributed by atoms with Gasteiger partial charge in [0.25, 0.3) is 5.91 Å². The maximum Gasteiger partial charge on any atom is 0.335 e. The van der Waals surface area contributed by atoms with E-state index < -0.39 is 5.97 Å². The van der Waals surface area contributed by atoms with Crippen molar-refractivity contribution in [2.24, 2.45) is 0 Å². The van der Waals surface area contributed by atoms with Crippen LogP contribution in [0.3, 0.4) is 0 Å². The monoisotopic (exact) mass is 395 g/mol.